The number of allylic oxidation sites excluding steroid dienone is 4. The summed E-state index contributed by atoms with van der Waals surface area (Å²) in [6.45, 7) is 3.86. The fourth-order valence-corrected chi connectivity index (χ4v) is 4.99. The molecule has 6 aromatic carbocycles. The van der Waals surface area contributed by atoms with E-state index >= 15 is 0 Å². The molecular formula is C39H42HfO2Si-3. The third-order valence-electron chi connectivity index (χ3n) is 5.61. The molecule has 0 atom stereocenters. The monoisotopic (exact) mass is 750 g/mol. The summed E-state index contributed by atoms with van der Waals surface area (Å²) in [5.41, 5.74) is 0. The van der Waals surface area contributed by atoms with E-state index < -0.39 is 0 Å². The van der Waals surface area contributed by atoms with E-state index in [1.165, 1.54) is 31.9 Å². The average molecular weight is 749 g/mol. The van der Waals surface area contributed by atoms with Crippen molar-refractivity contribution in [3.8, 4) is 0 Å². The maximum absolute atomic E-state index is 7.57. The largest absolute Gasteiger partial charge is 0.397 e. The molecule has 0 aliphatic heterocycles. The van der Waals surface area contributed by atoms with E-state index in [9.17, 15) is 0 Å². The summed E-state index contributed by atoms with van der Waals surface area (Å²) in [4.78, 5) is 0. The van der Waals surface area contributed by atoms with Crippen LogP contribution in [0.25, 0.3) is 21.5 Å². The molecule has 1 aliphatic carbocycles. The van der Waals surface area contributed by atoms with Gasteiger partial charge in [0, 0.05) is 39.1 Å². The summed E-state index contributed by atoms with van der Waals surface area (Å²) in [5.74, 6) is 0. The molecule has 4 heteroatoms. The summed E-state index contributed by atoms with van der Waals surface area (Å²) in [6.07, 6.45) is 10.0. The summed E-state index contributed by atoms with van der Waals surface area (Å²) in [5, 5.41) is 23.4. The van der Waals surface area contributed by atoms with E-state index in [-0.39, 0.29) is 48.6 Å². The van der Waals surface area contributed by atoms with Crippen molar-refractivity contribution < 1.29 is 36.1 Å². The summed E-state index contributed by atoms with van der Waals surface area (Å²) < 4.78 is 0. The zero-order chi connectivity index (χ0) is 30.1. The van der Waals surface area contributed by atoms with Crippen LogP contribution in [-0.2, 0) is 25.8 Å². The zero-order valence-electron chi connectivity index (χ0n) is 25.2. The minimum absolute atomic E-state index is 0. The molecule has 1 radical (unpaired) electrons. The number of benzene rings is 4. The molecule has 2 N–H and O–H groups in total. The predicted molar refractivity (Wildman–Crippen MR) is 185 cm³/mol. The minimum Gasteiger partial charge on any atom is -0.397 e. The van der Waals surface area contributed by atoms with Gasteiger partial charge in [-0.1, -0.05) is 83.2 Å². The van der Waals surface area contributed by atoms with Gasteiger partial charge < -0.3 is 10.2 Å². The molecule has 0 bridgehead atoms. The Hall–Kier alpha value is -3.41. The SMILES string of the molecule is CCO.CCO.[C-]1=CC=CC1.[Hf].c1ccc([SiH]c2ccccc2)cc1.c1ccc2[cH-]ccc2c1.c1ccc2[cH-]ccc2c1. The quantitative estimate of drug-likeness (QED) is 0.142. The second-order valence-corrected chi connectivity index (χ2v) is 10.5. The Morgan fingerprint density at radius 2 is 1.00 bits per heavy atom. The number of aliphatic hydroxyl groups excluding tert-OH is 2. The Bertz CT molecular complexity index is 1340. The van der Waals surface area contributed by atoms with Crippen molar-refractivity contribution in [3.05, 3.63) is 170 Å². The topological polar surface area (TPSA) is 40.5 Å². The van der Waals surface area contributed by atoms with Gasteiger partial charge in [-0.15, -0.1) is 65.7 Å². The molecule has 221 valence electrons. The first-order valence-corrected chi connectivity index (χ1v) is 15.5. The average Bonchev–Trinajstić information content (AvgIpc) is 3.84. The van der Waals surface area contributed by atoms with Gasteiger partial charge in [0.2, 0.25) is 0 Å². The minimum atomic E-state index is 0. The fraction of sp³-hybridized carbons (Fsp3) is 0.128. The van der Waals surface area contributed by atoms with Crippen LogP contribution in [0.5, 0.6) is 0 Å². The molecule has 0 saturated carbocycles. The molecule has 0 amide bonds. The molecule has 7 rings (SSSR count). The molecular weight excluding hydrogens is 707 g/mol. The molecule has 0 spiro atoms. The third kappa shape index (κ3) is 16.7. The Balaban J connectivity index is 0.000000277. The number of hydrogen-bond acceptors (Lipinski definition) is 2. The number of fused-ring (bicyclic) bond motifs is 2. The maximum atomic E-state index is 7.57. The molecule has 2 nitrogen and oxygen atoms in total. The van der Waals surface area contributed by atoms with Gasteiger partial charge in [0.05, 0.1) is 0 Å². The van der Waals surface area contributed by atoms with Crippen LogP contribution in [0.4, 0.5) is 0 Å². The third-order valence-corrected chi connectivity index (χ3v) is 7.05. The standard InChI is InChI=1S/C12H11Si.2C9H7.C5H5.2C2H6O.Hf/c1-3-7-11(8-4-1)13-12-9-5-2-6-10-12;2*1-2-5-9-7-3-6-8(9)4-1;1-2-4-5-3-1;2*1-2-3;/h1-10,13H;2*1-7H;1-3H,4H2;2*3H,2H2,1H3;/q;3*-1;;;. The first kappa shape index (κ1) is 37.6. The van der Waals surface area contributed by atoms with Gasteiger partial charge in [-0.05, 0) is 13.8 Å². The molecule has 0 aromatic heterocycles. The van der Waals surface area contributed by atoms with Crippen molar-refractivity contribution in [1.29, 1.82) is 0 Å². The van der Waals surface area contributed by atoms with Crippen LogP contribution in [0, 0.1) is 6.08 Å². The number of hydrogen-bond donors (Lipinski definition) is 2. The van der Waals surface area contributed by atoms with Gasteiger partial charge in [0.1, 0.15) is 9.52 Å². The zero-order valence-corrected chi connectivity index (χ0v) is 29.9. The second kappa shape index (κ2) is 25.1. The van der Waals surface area contributed by atoms with Gasteiger partial charge >= 0.3 is 0 Å². The van der Waals surface area contributed by atoms with Crippen molar-refractivity contribution in [2.24, 2.45) is 0 Å². The smallest absolute Gasteiger partial charge is 0.103 e. The van der Waals surface area contributed by atoms with Crippen molar-refractivity contribution in [1.82, 2.24) is 0 Å². The molecule has 1 aliphatic rings. The van der Waals surface area contributed by atoms with E-state index in [0.717, 1.165) is 6.42 Å². The molecule has 0 saturated heterocycles. The maximum Gasteiger partial charge on any atom is 0.103 e. The van der Waals surface area contributed by atoms with Crippen LogP contribution in [0.3, 0.4) is 0 Å². The summed E-state index contributed by atoms with van der Waals surface area (Å²) in [7, 11) is 0.271. The van der Waals surface area contributed by atoms with Gasteiger partial charge in [-0.25, -0.2) is 12.2 Å². The van der Waals surface area contributed by atoms with Crippen LogP contribution >= 0.6 is 0 Å². The Morgan fingerprint density at radius 3 is 1.33 bits per heavy atom. The molecule has 0 unspecified atom stereocenters. The molecule has 0 heterocycles. The van der Waals surface area contributed by atoms with Crippen LogP contribution in [0.1, 0.15) is 20.3 Å². The molecule has 6 aromatic rings. The predicted octanol–water partition coefficient (Wildman–Crippen LogP) is 7.49. The summed E-state index contributed by atoms with van der Waals surface area (Å²) >= 11 is 0. The van der Waals surface area contributed by atoms with Crippen LogP contribution in [0.2, 0.25) is 0 Å². The van der Waals surface area contributed by atoms with Gasteiger partial charge in [0.25, 0.3) is 0 Å². The normalized spacial score (nSPS) is 10.1. The van der Waals surface area contributed by atoms with E-state index in [2.05, 4.69) is 158 Å². The van der Waals surface area contributed by atoms with Gasteiger partial charge in [-0.3, -0.25) is 6.08 Å². The second-order valence-electron chi connectivity index (χ2n) is 8.91. The van der Waals surface area contributed by atoms with Crippen molar-refractivity contribution >= 4 is 41.4 Å². The fourth-order valence-electron chi connectivity index (χ4n) is 3.77. The van der Waals surface area contributed by atoms with Crippen LogP contribution < -0.4 is 10.4 Å². The molecule has 43 heavy (non-hydrogen) atoms. The Morgan fingerprint density at radius 1 is 0.605 bits per heavy atom. The van der Waals surface area contributed by atoms with E-state index in [4.69, 9.17) is 10.2 Å². The first-order valence-electron chi connectivity index (χ1n) is 14.3. The summed E-state index contributed by atoms with van der Waals surface area (Å²) in [6, 6.07) is 50.7. The van der Waals surface area contributed by atoms with E-state index in [1.807, 2.05) is 12.2 Å². The Kier molecular flexibility index (Phi) is 22.0. The van der Waals surface area contributed by atoms with Gasteiger partial charge in [-0.2, -0.15) is 41.1 Å². The van der Waals surface area contributed by atoms with Crippen LogP contribution in [-0.4, -0.2) is 32.9 Å². The van der Waals surface area contributed by atoms with E-state index in [1.54, 1.807) is 13.8 Å². The van der Waals surface area contributed by atoms with Crippen LogP contribution in [0.15, 0.2) is 164 Å². The number of aliphatic hydroxyl groups is 2. The molecule has 0 fully saturated rings. The first-order chi connectivity index (χ1) is 20.7. The van der Waals surface area contributed by atoms with Crippen molar-refractivity contribution in [2.45, 2.75) is 20.3 Å². The number of rotatable bonds is 2. The van der Waals surface area contributed by atoms with Gasteiger partial charge in [0.15, 0.2) is 0 Å². The van der Waals surface area contributed by atoms with Crippen molar-refractivity contribution in [2.75, 3.05) is 13.2 Å². The Labute approximate surface area is 279 Å². The van der Waals surface area contributed by atoms with E-state index in [0.29, 0.717) is 0 Å². The van der Waals surface area contributed by atoms with Crippen molar-refractivity contribution in [3.63, 3.8) is 0 Å².